The number of benzene rings is 1. The van der Waals surface area contributed by atoms with E-state index in [-0.39, 0.29) is 19.2 Å². The summed E-state index contributed by atoms with van der Waals surface area (Å²) in [5, 5.41) is 9.04. The van der Waals surface area contributed by atoms with E-state index in [9.17, 15) is 18.0 Å². The molecule has 20 heavy (non-hydrogen) atoms. The predicted molar refractivity (Wildman–Crippen MR) is 66.7 cm³/mol. The Labute approximate surface area is 115 Å². The van der Waals surface area contributed by atoms with Crippen molar-refractivity contribution in [2.75, 3.05) is 13.2 Å². The maximum absolute atomic E-state index is 13.7. The smallest absolute Gasteiger partial charge is 0.257 e. The molecule has 1 aromatic carbocycles. The van der Waals surface area contributed by atoms with Crippen LogP contribution in [0, 0.1) is 17.5 Å². The van der Waals surface area contributed by atoms with Gasteiger partial charge in [-0.25, -0.2) is 13.2 Å². The Kier molecular flexibility index (Phi) is 4.65. The Morgan fingerprint density at radius 2 is 1.85 bits per heavy atom. The topological polar surface area (TPSA) is 40.5 Å². The van der Waals surface area contributed by atoms with Gasteiger partial charge >= 0.3 is 0 Å². The van der Waals surface area contributed by atoms with Crippen molar-refractivity contribution < 1.29 is 23.1 Å². The first kappa shape index (κ1) is 14.8. The average molecular weight is 287 g/mol. The zero-order valence-electron chi connectivity index (χ0n) is 10.9. The van der Waals surface area contributed by atoms with Gasteiger partial charge in [-0.2, -0.15) is 0 Å². The number of aliphatic hydroxyl groups excluding tert-OH is 1. The third-order valence-corrected chi connectivity index (χ3v) is 3.63. The molecule has 1 fully saturated rings. The van der Waals surface area contributed by atoms with E-state index < -0.39 is 28.9 Å². The van der Waals surface area contributed by atoms with Gasteiger partial charge in [0.05, 0.1) is 12.2 Å². The molecule has 0 heterocycles. The fraction of sp³-hybridized carbons (Fsp3) is 0.500. The third kappa shape index (κ3) is 2.80. The van der Waals surface area contributed by atoms with E-state index in [1.54, 1.807) is 0 Å². The average Bonchev–Trinajstić information content (AvgIpc) is 2.95. The van der Waals surface area contributed by atoms with Crippen molar-refractivity contribution in [1.29, 1.82) is 0 Å². The molecule has 0 atom stereocenters. The highest BCUT2D eigenvalue weighted by atomic mass is 19.2. The first-order chi connectivity index (χ1) is 9.56. The molecular formula is C14H16F3NO2. The van der Waals surface area contributed by atoms with Crippen molar-refractivity contribution in [1.82, 2.24) is 4.90 Å². The van der Waals surface area contributed by atoms with Crippen LogP contribution >= 0.6 is 0 Å². The number of aliphatic hydroxyl groups is 1. The lowest BCUT2D eigenvalue weighted by atomic mass is 10.1. The van der Waals surface area contributed by atoms with E-state index in [2.05, 4.69) is 0 Å². The summed E-state index contributed by atoms with van der Waals surface area (Å²) in [5.41, 5.74) is -0.496. The highest BCUT2D eigenvalue weighted by Gasteiger charge is 2.29. The minimum absolute atomic E-state index is 0.0575. The third-order valence-electron chi connectivity index (χ3n) is 3.63. The Morgan fingerprint density at radius 1 is 1.20 bits per heavy atom. The monoisotopic (exact) mass is 287 g/mol. The van der Waals surface area contributed by atoms with Crippen LogP contribution in [0.3, 0.4) is 0 Å². The fourth-order valence-corrected chi connectivity index (χ4v) is 2.62. The van der Waals surface area contributed by atoms with Crippen LogP contribution < -0.4 is 0 Å². The number of carbonyl (C=O) groups excluding carboxylic acids is 1. The van der Waals surface area contributed by atoms with Gasteiger partial charge < -0.3 is 10.0 Å². The summed E-state index contributed by atoms with van der Waals surface area (Å²) < 4.78 is 39.8. The van der Waals surface area contributed by atoms with Crippen molar-refractivity contribution >= 4 is 5.91 Å². The Morgan fingerprint density at radius 3 is 2.45 bits per heavy atom. The summed E-state index contributed by atoms with van der Waals surface area (Å²) in [4.78, 5) is 13.6. The zero-order valence-corrected chi connectivity index (χ0v) is 10.9. The fourth-order valence-electron chi connectivity index (χ4n) is 2.62. The SMILES string of the molecule is O=C(c1ccc(F)c(F)c1F)N(CCO)C1CCCC1. The minimum atomic E-state index is -1.65. The molecule has 0 bridgehead atoms. The Hall–Kier alpha value is -1.56. The van der Waals surface area contributed by atoms with E-state index in [0.717, 1.165) is 37.8 Å². The van der Waals surface area contributed by atoms with Gasteiger partial charge in [-0.1, -0.05) is 12.8 Å². The van der Waals surface area contributed by atoms with E-state index in [1.807, 2.05) is 0 Å². The number of hydrogen-bond acceptors (Lipinski definition) is 2. The van der Waals surface area contributed by atoms with Crippen LogP contribution in [0.5, 0.6) is 0 Å². The lowest BCUT2D eigenvalue weighted by molar-refractivity contribution is 0.0632. The number of nitrogens with zero attached hydrogens (tertiary/aromatic N) is 1. The van der Waals surface area contributed by atoms with Gasteiger partial charge in [0, 0.05) is 12.6 Å². The molecule has 0 unspecified atom stereocenters. The van der Waals surface area contributed by atoms with E-state index in [1.165, 1.54) is 4.90 Å². The number of halogens is 3. The molecule has 2 rings (SSSR count). The van der Waals surface area contributed by atoms with Crippen LogP contribution in [0.4, 0.5) is 13.2 Å². The van der Waals surface area contributed by atoms with Crippen molar-refractivity contribution in [2.24, 2.45) is 0 Å². The molecular weight excluding hydrogens is 271 g/mol. The van der Waals surface area contributed by atoms with Gasteiger partial charge in [0.15, 0.2) is 17.5 Å². The zero-order chi connectivity index (χ0) is 14.7. The summed E-state index contributed by atoms with van der Waals surface area (Å²) in [7, 11) is 0. The van der Waals surface area contributed by atoms with Crippen LogP contribution in [0.2, 0.25) is 0 Å². The Balaban J connectivity index is 2.29. The molecule has 1 aliphatic rings. The van der Waals surface area contributed by atoms with E-state index in [4.69, 9.17) is 5.11 Å². The summed E-state index contributed by atoms with van der Waals surface area (Å²) in [6.45, 7) is -0.199. The normalized spacial score (nSPS) is 15.6. The summed E-state index contributed by atoms with van der Waals surface area (Å²) in [6.07, 6.45) is 3.47. The van der Waals surface area contributed by atoms with Gasteiger partial charge in [-0.15, -0.1) is 0 Å². The van der Waals surface area contributed by atoms with Crippen LogP contribution in [0.25, 0.3) is 0 Å². The second kappa shape index (κ2) is 6.26. The molecule has 3 nitrogen and oxygen atoms in total. The maximum atomic E-state index is 13.7. The van der Waals surface area contributed by atoms with Gasteiger partial charge in [-0.3, -0.25) is 4.79 Å². The first-order valence-corrected chi connectivity index (χ1v) is 6.61. The quantitative estimate of drug-likeness (QED) is 0.864. The van der Waals surface area contributed by atoms with Crippen LogP contribution in [0.15, 0.2) is 12.1 Å². The van der Waals surface area contributed by atoms with Gasteiger partial charge in [0.1, 0.15) is 0 Å². The van der Waals surface area contributed by atoms with Crippen molar-refractivity contribution in [2.45, 2.75) is 31.7 Å². The molecule has 0 saturated heterocycles. The lowest BCUT2D eigenvalue weighted by Gasteiger charge is -2.28. The molecule has 1 amide bonds. The minimum Gasteiger partial charge on any atom is -0.395 e. The van der Waals surface area contributed by atoms with E-state index >= 15 is 0 Å². The molecule has 0 aliphatic heterocycles. The predicted octanol–water partition coefficient (Wildman–Crippen LogP) is 2.48. The summed E-state index contributed by atoms with van der Waals surface area (Å²) in [6, 6.07) is 1.59. The molecule has 6 heteroatoms. The van der Waals surface area contributed by atoms with Crippen molar-refractivity contribution in [3.05, 3.63) is 35.1 Å². The van der Waals surface area contributed by atoms with Crippen molar-refractivity contribution in [3.8, 4) is 0 Å². The summed E-state index contributed by atoms with van der Waals surface area (Å²) >= 11 is 0. The second-order valence-corrected chi connectivity index (χ2v) is 4.88. The highest BCUT2D eigenvalue weighted by Crippen LogP contribution is 2.26. The molecule has 1 aliphatic carbocycles. The highest BCUT2D eigenvalue weighted by molar-refractivity contribution is 5.94. The number of amides is 1. The molecule has 1 saturated carbocycles. The standard InChI is InChI=1S/C14H16F3NO2/c15-11-6-5-10(12(16)13(11)17)14(20)18(7-8-19)9-3-1-2-4-9/h5-6,9,19H,1-4,7-8H2. The molecule has 1 N–H and O–H groups in total. The van der Waals surface area contributed by atoms with Crippen LogP contribution in [0.1, 0.15) is 36.0 Å². The second-order valence-electron chi connectivity index (χ2n) is 4.88. The number of carbonyl (C=O) groups is 1. The molecule has 0 spiro atoms. The molecule has 0 radical (unpaired) electrons. The largest absolute Gasteiger partial charge is 0.395 e. The van der Waals surface area contributed by atoms with Gasteiger partial charge in [0.2, 0.25) is 0 Å². The van der Waals surface area contributed by atoms with Gasteiger partial charge in [-0.05, 0) is 25.0 Å². The summed E-state index contributed by atoms with van der Waals surface area (Å²) in [5.74, 6) is -5.15. The van der Waals surface area contributed by atoms with Crippen LogP contribution in [-0.4, -0.2) is 35.1 Å². The Bertz CT molecular complexity index is 501. The lowest BCUT2D eigenvalue weighted by Crippen LogP contribution is -2.41. The maximum Gasteiger partial charge on any atom is 0.257 e. The van der Waals surface area contributed by atoms with Gasteiger partial charge in [0.25, 0.3) is 5.91 Å². The first-order valence-electron chi connectivity index (χ1n) is 6.61. The molecule has 0 aromatic heterocycles. The van der Waals surface area contributed by atoms with Crippen LogP contribution in [-0.2, 0) is 0 Å². The van der Waals surface area contributed by atoms with E-state index in [0.29, 0.717) is 0 Å². The van der Waals surface area contributed by atoms with Crippen molar-refractivity contribution in [3.63, 3.8) is 0 Å². The number of hydrogen-bond donors (Lipinski definition) is 1. The number of rotatable bonds is 4. The molecule has 1 aromatic rings. The molecule has 110 valence electrons.